The highest BCUT2D eigenvalue weighted by Crippen LogP contribution is 2.21. The van der Waals surface area contributed by atoms with Gasteiger partial charge in [0, 0.05) is 28.6 Å². The quantitative estimate of drug-likeness (QED) is 0.768. The maximum absolute atomic E-state index is 10.5. The molecule has 0 unspecified atom stereocenters. The normalized spacial score (nSPS) is 10.2. The van der Waals surface area contributed by atoms with Crippen molar-refractivity contribution in [2.75, 3.05) is 0 Å². The molecule has 0 saturated carbocycles. The molecular formula is C11H8ClNOS. The number of aldehydes is 1. The smallest absolute Gasteiger partial charge is 0.150 e. The monoisotopic (exact) mass is 237 g/mol. The Hall–Kier alpha value is -1.19. The van der Waals surface area contributed by atoms with E-state index in [1.165, 1.54) is 0 Å². The van der Waals surface area contributed by atoms with Crippen molar-refractivity contribution in [3.05, 3.63) is 50.9 Å². The van der Waals surface area contributed by atoms with Crippen LogP contribution in [0, 0.1) is 0 Å². The van der Waals surface area contributed by atoms with Gasteiger partial charge in [-0.15, -0.1) is 11.3 Å². The molecule has 2 rings (SSSR count). The molecule has 1 aromatic carbocycles. The fraction of sp³-hybridized carbons (Fsp3) is 0.0909. The molecule has 15 heavy (non-hydrogen) atoms. The van der Waals surface area contributed by atoms with Gasteiger partial charge in [-0.3, -0.25) is 4.79 Å². The van der Waals surface area contributed by atoms with Crippen molar-refractivity contribution in [1.29, 1.82) is 0 Å². The molecule has 76 valence electrons. The SMILES string of the molecule is O=Cc1ccc(Cc2nccs2)c(Cl)c1. The zero-order chi connectivity index (χ0) is 10.7. The number of thiazole rings is 1. The van der Waals surface area contributed by atoms with E-state index < -0.39 is 0 Å². The van der Waals surface area contributed by atoms with Crippen molar-refractivity contribution in [2.24, 2.45) is 0 Å². The van der Waals surface area contributed by atoms with E-state index in [1.54, 1.807) is 29.7 Å². The number of rotatable bonds is 3. The molecular weight excluding hydrogens is 230 g/mol. The molecule has 0 atom stereocenters. The highest BCUT2D eigenvalue weighted by atomic mass is 35.5. The van der Waals surface area contributed by atoms with Crippen LogP contribution < -0.4 is 0 Å². The van der Waals surface area contributed by atoms with Gasteiger partial charge in [-0.25, -0.2) is 4.98 Å². The molecule has 0 fully saturated rings. The zero-order valence-corrected chi connectivity index (χ0v) is 9.39. The van der Waals surface area contributed by atoms with Gasteiger partial charge in [-0.1, -0.05) is 23.7 Å². The van der Waals surface area contributed by atoms with Crippen LogP contribution in [0.1, 0.15) is 20.9 Å². The molecule has 1 aromatic heterocycles. The molecule has 0 radical (unpaired) electrons. The summed E-state index contributed by atoms with van der Waals surface area (Å²) in [5, 5.41) is 3.58. The van der Waals surface area contributed by atoms with Gasteiger partial charge in [0.15, 0.2) is 0 Å². The van der Waals surface area contributed by atoms with E-state index in [4.69, 9.17) is 11.6 Å². The minimum Gasteiger partial charge on any atom is -0.298 e. The predicted molar refractivity (Wildman–Crippen MR) is 61.8 cm³/mol. The van der Waals surface area contributed by atoms with Crippen LogP contribution in [0.5, 0.6) is 0 Å². The second-order valence-corrected chi connectivity index (χ2v) is 4.46. The van der Waals surface area contributed by atoms with E-state index in [9.17, 15) is 4.79 Å². The second-order valence-electron chi connectivity index (χ2n) is 3.07. The summed E-state index contributed by atoms with van der Waals surface area (Å²) in [6, 6.07) is 5.31. The van der Waals surface area contributed by atoms with Crippen LogP contribution in [0.25, 0.3) is 0 Å². The predicted octanol–water partition coefficient (Wildman–Crippen LogP) is 3.20. The first kappa shape index (κ1) is 10.3. The number of carbonyl (C=O) groups excluding carboxylic acids is 1. The summed E-state index contributed by atoms with van der Waals surface area (Å²) in [5.74, 6) is 0. The largest absolute Gasteiger partial charge is 0.298 e. The average molecular weight is 238 g/mol. The Labute approximate surface area is 96.5 Å². The summed E-state index contributed by atoms with van der Waals surface area (Å²) in [6.07, 6.45) is 3.28. The molecule has 0 amide bonds. The number of aromatic nitrogens is 1. The van der Waals surface area contributed by atoms with Crippen LogP contribution in [-0.4, -0.2) is 11.3 Å². The topological polar surface area (TPSA) is 30.0 Å². The van der Waals surface area contributed by atoms with Gasteiger partial charge in [0.05, 0.1) is 5.01 Å². The zero-order valence-electron chi connectivity index (χ0n) is 7.81. The van der Waals surface area contributed by atoms with Gasteiger partial charge < -0.3 is 0 Å². The fourth-order valence-corrected chi connectivity index (χ4v) is 2.18. The fourth-order valence-electron chi connectivity index (χ4n) is 1.28. The minimum atomic E-state index is 0.600. The molecule has 1 heterocycles. The van der Waals surface area contributed by atoms with Crippen molar-refractivity contribution in [3.63, 3.8) is 0 Å². The lowest BCUT2D eigenvalue weighted by atomic mass is 10.1. The molecule has 2 nitrogen and oxygen atoms in total. The van der Waals surface area contributed by atoms with Gasteiger partial charge >= 0.3 is 0 Å². The van der Waals surface area contributed by atoms with Crippen LogP contribution in [0.2, 0.25) is 5.02 Å². The molecule has 0 aliphatic carbocycles. The molecule has 0 spiro atoms. The average Bonchev–Trinajstić information content (AvgIpc) is 2.74. The highest BCUT2D eigenvalue weighted by molar-refractivity contribution is 7.09. The van der Waals surface area contributed by atoms with Crippen LogP contribution in [0.3, 0.4) is 0 Å². The van der Waals surface area contributed by atoms with Crippen LogP contribution in [-0.2, 0) is 6.42 Å². The Bertz CT molecular complexity index is 467. The van der Waals surface area contributed by atoms with Gasteiger partial charge in [0.1, 0.15) is 6.29 Å². The molecule has 0 aliphatic rings. The third-order valence-electron chi connectivity index (χ3n) is 2.04. The maximum Gasteiger partial charge on any atom is 0.150 e. The molecule has 4 heteroatoms. The Morgan fingerprint density at radius 2 is 2.33 bits per heavy atom. The summed E-state index contributed by atoms with van der Waals surface area (Å²) in [4.78, 5) is 14.7. The van der Waals surface area contributed by atoms with E-state index >= 15 is 0 Å². The number of halogens is 1. The standard InChI is InChI=1S/C11H8ClNOS/c12-10-5-8(7-14)1-2-9(10)6-11-13-3-4-15-11/h1-5,7H,6H2. The summed E-state index contributed by atoms with van der Waals surface area (Å²) in [5.41, 5.74) is 1.60. The van der Waals surface area contributed by atoms with Crippen LogP contribution in [0.15, 0.2) is 29.8 Å². The van der Waals surface area contributed by atoms with Gasteiger partial charge in [0.2, 0.25) is 0 Å². The van der Waals surface area contributed by atoms with E-state index in [-0.39, 0.29) is 0 Å². The number of nitrogens with zero attached hydrogens (tertiary/aromatic N) is 1. The summed E-state index contributed by atoms with van der Waals surface area (Å²) < 4.78 is 0. The van der Waals surface area contributed by atoms with Crippen molar-refractivity contribution in [1.82, 2.24) is 4.98 Å². The van der Waals surface area contributed by atoms with E-state index in [1.807, 2.05) is 11.4 Å². The summed E-state index contributed by atoms with van der Waals surface area (Å²) >= 11 is 7.64. The van der Waals surface area contributed by atoms with Crippen LogP contribution in [0.4, 0.5) is 0 Å². The van der Waals surface area contributed by atoms with Crippen LogP contribution >= 0.6 is 22.9 Å². The van der Waals surface area contributed by atoms with Gasteiger partial charge in [-0.2, -0.15) is 0 Å². The summed E-state index contributed by atoms with van der Waals surface area (Å²) in [6.45, 7) is 0. The van der Waals surface area contributed by atoms with E-state index in [2.05, 4.69) is 4.98 Å². The first-order valence-electron chi connectivity index (χ1n) is 4.41. The molecule has 0 saturated heterocycles. The second kappa shape index (κ2) is 4.55. The molecule has 0 aliphatic heterocycles. The first-order valence-corrected chi connectivity index (χ1v) is 5.67. The number of hydrogen-bond donors (Lipinski definition) is 0. The Morgan fingerprint density at radius 1 is 1.47 bits per heavy atom. The lowest BCUT2D eigenvalue weighted by Gasteiger charge is -2.02. The van der Waals surface area contributed by atoms with Crippen molar-refractivity contribution >= 4 is 29.2 Å². The number of hydrogen-bond acceptors (Lipinski definition) is 3. The Kier molecular flexibility index (Phi) is 3.14. The first-order chi connectivity index (χ1) is 7.29. The Morgan fingerprint density at radius 3 is 2.93 bits per heavy atom. The van der Waals surface area contributed by atoms with Crippen molar-refractivity contribution in [2.45, 2.75) is 6.42 Å². The highest BCUT2D eigenvalue weighted by Gasteiger charge is 2.04. The Balaban J connectivity index is 2.26. The van der Waals surface area contributed by atoms with Gasteiger partial charge in [-0.05, 0) is 11.6 Å². The van der Waals surface area contributed by atoms with Crippen molar-refractivity contribution < 1.29 is 4.79 Å². The lowest BCUT2D eigenvalue weighted by molar-refractivity contribution is 0.112. The molecule has 0 N–H and O–H groups in total. The third kappa shape index (κ3) is 2.43. The lowest BCUT2D eigenvalue weighted by Crippen LogP contribution is -1.90. The molecule has 0 bridgehead atoms. The number of benzene rings is 1. The third-order valence-corrected chi connectivity index (χ3v) is 3.17. The summed E-state index contributed by atoms with van der Waals surface area (Å²) in [7, 11) is 0. The van der Waals surface area contributed by atoms with E-state index in [0.29, 0.717) is 10.6 Å². The molecule has 2 aromatic rings. The minimum absolute atomic E-state index is 0.600. The van der Waals surface area contributed by atoms with Gasteiger partial charge in [0.25, 0.3) is 0 Å². The maximum atomic E-state index is 10.5. The number of carbonyl (C=O) groups is 1. The van der Waals surface area contributed by atoms with Crippen molar-refractivity contribution in [3.8, 4) is 0 Å². The van der Waals surface area contributed by atoms with E-state index in [0.717, 1.165) is 23.3 Å².